The van der Waals surface area contributed by atoms with E-state index in [0.29, 0.717) is 7.92 Å². The third-order valence-electron chi connectivity index (χ3n) is 4.90. The quantitative estimate of drug-likeness (QED) is 0.474. The largest absolute Gasteiger partial charge is 0.0965 e. The lowest BCUT2D eigenvalue weighted by Crippen LogP contribution is -2.18. The lowest BCUT2D eigenvalue weighted by Gasteiger charge is -2.35. The van der Waals surface area contributed by atoms with Gasteiger partial charge in [0.05, 0.1) is 0 Å². The maximum atomic E-state index is 2.46. The molecule has 1 heteroatoms. The van der Waals surface area contributed by atoms with Crippen LogP contribution in [-0.2, 0) is 0 Å². The topological polar surface area (TPSA) is 0 Å². The third-order valence-corrected chi connectivity index (χ3v) is 8.88. The first-order valence-electron chi connectivity index (χ1n) is 7.37. The zero-order chi connectivity index (χ0) is 10.8. The van der Waals surface area contributed by atoms with Crippen molar-refractivity contribution >= 4 is 7.92 Å². The molecule has 0 aromatic carbocycles. The summed E-state index contributed by atoms with van der Waals surface area (Å²) in [6, 6.07) is 0. The fraction of sp³-hybridized carbons (Fsp3) is 0.867. The normalized spacial score (nSPS) is 28.8. The van der Waals surface area contributed by atoms with E-state index in [2.05, 4.69) is 12.2 Å². The van der Waals surface area contributed by atoms with Gasteiger partial charge in [-0.2, -0.15) is 0 Å². The van der Waals surface area contributed by atoms with Gasteiger partial charge in [-0.15, -0.1) is 0 Å². The molecule has 0 saturated heterocycles. The summed E-state index contributed by atoms with van der Waals surface area (Å²) in [5, 5.41) is 0. The van der Waals surface area contributed by atoms with Crippen molar-refractivity contribution in [3.05, 3.63) is 12.2 Å². The van der Waals surface area contributed by atoms with Gasteiger partial charge in [-0.25, -0.2) is 0 Å². The summed E-state index contributed by atoms with van der Waals surface area (Å²) in [5.41, 5.74) is 3.44. The number of rotatable bonds is 3. The molecule has 2 fully saturated rings. The Morgan fingerprint density at radius 3 is 1.50 bits per heavy atom. The van der Waals surface area contributed by atoms with Gasteiger partial charge < -0.3 is 0 Å². The van der Waals surface area contributed by atoms with Crippen LogP contribution in [0.2, 0.25) is 0 Å². The van der Waals surface area contributed by atoms with Crippen LogP contribution in [0.25, 0.3) is 0 Å². The highest BCUT2D eigenvalue weighted by atomic mass is 31.1. The number of allylic oxidation sites excluding steroid dienone is 2. The lowest BCUT2D eigenvalue weighted by molar-refractivity contribution is 0.786. The Hall–Kier alpha value is 0.170. The maximum absolute atomic E-state index is 2.46. The van der Waals surface area contributed by atoms with Crippen LogP contribution in [0.5, 0.6) is 0 Å². The molecule has 3 aliphatic carbocycles. The molecule has 0 atom stereocenters. The van der Waals surface area contributed by atoms with E-state index in [1.165, 1.54) is 49.8 Å². The zero-order valence-electron chi connectivity index (χ0n) is 10.4. The average Bonchev–Trinajstić information content (AvgIpc) is 3.02. The minimum atomic E-state index is 0.373. The monoisotopic (exact) mass is 236 g/mol. The van der Waals surface area contributed by atoms with Crippen molar-refractivity contribution in [2.45, 2.75) is 81.2 Å². The molecule has 0 bridgehead atoms. The first-order chi connectivity index (χ1) is 7.95. The highest BCUT2D eigenvalue weighted by Crippen LogP contribution is 2.62. The first kappa shape index (κ1) is 11.3. The Morgan fingerprint density at radius 2 is 1.06 bits per heavy atom. The molecule has 90 valence electrons. The van der Waals surface area contributed by atoms with E-state index in [9.17, 15) is 0 Å². The Labute approximate surface area is 102 Å². The molecule has 16 heavy (non-hydrogen) atoms. The molecule has 0 spiro atoms. The predicted octanol–water partition coefficient (Wildman–Crippen LogP) is 5.07. The Bertz CT molecular complexity index is 219. The molecular weight excluding hydrogens is 211 g/mol. The summed E-state index contributed by atoms with van der Waals surface area (Å²) in [5.74, 6) is 0. The molecule has 0 aromatic rings. The number of hydrogen-bond donors (Lipinski definition) is 0. The highest BCUT2D eigenvalue weighted by molar-refractivity contribution is 7.60. The molecule has 0 N–H and O–H groups in total. The van der Waals surface area contributed by atoms with E-state index in [0.717, 1.165) is 5.66 Å². The SMILES string of the molecule is C1=CCC(P(C2CCCC2)C2CCCC2)C1. The smallest absolute Gasteiger partial charge is 0.0135 e. The molecule has 0 nitrogen and oxygen atoms in total. The van der Waals surface area contributed by atoms with Gasteiger partial charge in [0.2, 0.25) is 0 Å². The molecule has 0 radical (unpaired) electrons. The second-order valence-corrected chi connectivity index (χ2v) is 9.01. The van der Waals surface area contributed by atoms with Crippen LogP contribution in [0, 0.1) is 0 Å². The summed E-state index contributed by atoms with van der Waals surface area (Å²) in [6.45, 7) is 0. The van der Waals surface area contributed by atoms with Gasteiger partial charge in [-0.05, 0) is 55.5 Å². The van der Waals surface area contributed by atoms with Gasteiger partial charge in [-0.3, -0.25) is 0 Å². The van der Waals surface area contributed by atoms with Gasteiger partial charge in [0.15, 0.2) is 0 Å². The summed E-state index contributed by atoms with van der Waals surface area (Å²) >= 11 is 0. The van der Waals surface area contributed by atoms with Crippen LogP contribution in [-0.4, -0.2) is 17.0 Å². The van der Waals surface area contributed by atoms with Gasteiger partial charge in [-0.1, -0.05) is 45.8 Å². The predicted molar refractivity (Wildman–Crippen MR) is 73.6 cm³/mol. The van der Waals surface area contributed by atoms with Crippen molar-refractivity contribution in [1.29, 1.82) is 0 Å². The van der Waals surface area contributed by atoms with Crippen LogP contribution in [0.4, 0.5) is 0 Å². The van der Waals surface area contributed by atoms with E-state index in [4.69, 9.17) is 0 Å². The van der Waals surface area contributed by atoms with E-state index in [-0.39, 0.29) is 0 Å². The number of hydrogen-bond acceptors (Lipinski definition) is 0. The second-order valence-electron chi connectivity index (χ2n) is 5.92. The van der Waals surface area contributed by atoms with Crippen LogP contribution >= 0.6 is 7.92 Å². The minimum absolute atomic E-state index is 0.373. The summed E-state index contributed by atoms with van der Waals surface area (Å²) in [4.78, 5) is 0. The highest BCUT2D eigenvalue weighted by Gasteiger charge is 2.37. The molecule has 0 unspecified atom stereocenters. The molecule has 0 aliphatic heterocycles. The minimum Gasteiger partial charge on any atom is -0.0965 e. The van der Waals surface area contributed by atoms with Crippen LogP contribution < -0.4 is 0 Å². The maximum Gasteiger partial charge on any atom is -0.0135 e. The Morgan fingerprint density at radius 1 is 0.625 bits per heavy atom. The van der Waals surface area contributed by atoms with Gasteiger partial charge in [0.1, 0.15) is 0 Å². The van der Waals surface area contributed by atoms with E-state index in [1.807, 2.05) is 0 Å². The lowest BCUT2D eigenvalue weighted by atomic mass is 10.3. The summed E-state index contributed by atoms with van der Waals surface area (Å²) in [6.07, 6.45) is 20.3. The Balaban J connectivity index is 1.70. The Kier molecular flexibility index (Phi) is 3.67. The molecule has 0 amide bonds. The van der Waals surface area contributed by atoms with Crippen molar-refractivity contribution in [1.82, 2.24) is 0 Å². The van der Waals surface area contributed by atoms with Crippen molar-refractivity contribution in [3.63, 3.8) is 0 Å². The molecule has 3 rings (SSSR count). The summed E-state index contributed by atoms with van der Waals surface area (Å²) < 4.78 is 0. The van der Waals surface area contributed by atoms with Crippen molar-refractivity contribution in [2.24, 2.45) is 0 Å². The van der Waals surface area contributed by atoms with Crippen molar-refractivity contribution in [3.8, 4) is 0 Å². The van der Waals surface area contributed by atoms with Gasteiger partial charge in [0, 0.05) is 0 Å². The second kappa shape index (κ2) is 5.21. The molecular formula is C15H25P. The first-order valence-corrected chi connectivity index (χ1v) is 8.92. The van der Waals surface area contributed by atoms with E-state index >= 15 is 0 Å². The van der Waals surface area contributed by atoms with Gasteiger partial charge in [0.25, 0.3) is 0 Å². The molecule has 0 aromatic heterocycles. The third kappa shape index (κ3) is 2.23. The molecule has 3 aliphatic rings. The fourth-order valence-electron chi connectivity index (χ4n) is 4.15. The van der Waals surface area contributed by atoms with E-state index in [1.54, 1.807) is 25.7 Å². The van der Waals surface area contributed by atoms with Gasteiger partial charge >= 0.3 is 0 Å². The summed E-state index contributed by atoms with van der Waals surface area (Å²) in [7, 11) is 0.373. The molecule has 2 saturated carbocycles. The van der Waals surface area contributed by atoms with Crippen molar-refractivity contribution in [2.75, 3.05) is 0 Å². The van der Waals surface area contributed by atoms with Crippen molar-refractivity contribution < 1.29 is 0 Å². The van der Waals surface area contributed by atoms with E-state index < -0.39 is 0 Å². The standard InChI is InChI=1S/C15H25P/c1-2-8-13(7-1)16(14-9-3-4-10-14)15-11-5-6-12-15/h1-2,13-15H,3-12H2. The van der Waals surface area contributed by atoms with Crippen LogP contribution in [0.15, 0.2) is 12.2 Å². The fourth-order valence-corrected chi connectivity index (χ4v) is 8.59. The van der Waals surface area contributed by atoms with Crippen LogP contribution in [0.3, 0.4) is 0 Å². The zero-order valence-corrected chi connectivity index (χ0v) is 11.3. The van der Waals surface area contributed by atoms with Crippen LogP contribution in [0.1, 0.15) is 64.2 Å². The molecule has 0 heterocycles. The average molecular weight is 236 g/mol.